The van der Waals surface area contributed by atoms with Crippen LogP contribution >= 0.6 is 0 Å². The first-order chi connectivity index (χ1) is 13.0. The van der Waals surface area contributed by atoms with Crippen LogP contribution in [0.4, 0.5) is 5.95 Å². The van der Waals surface area contributed by atoms with Gasteiger partial charge in [0, 0.05) is 42.8 Å². The Hall–Kier alpha value is -2.05. The predicted octanol–water partition coefficient (Wildman–Crippen LogP) is 2.58. The molecule has 0 saturated carbocycles. The van der Waals surface area contributed by atoms with Crippen molar-refractivity contribution in [3.05, 3.63) is 35.8 Å². The van der Waals surface area contributed by atoms with Gasteiger partial charge in [-0.25, -0.2) is 9.97 Å². The molecule has 0 atom stereocenters. The van der Waals surface area contributed by atoms with Crippen LogP contribution in [0.25, 0.3) is 11.3 Å². The summed E-state index contributed by atoms with van der Waals surface area (Å²) >= 11 is 0. The number of piperidine rings is 1. The van der Waals surface area contributed by atoms with Gasteiger partial charge in [-0.2, -0.15) is 0 Å². The molecular weight excluding hydrogens is 338 g/mol. The van der Waals surface area contributed by atoms with Crippen LogP contribution in [-0.2, 0) is 0 Å². The van der Waals surface area contributed by atoms with E-state index in [1.165, 1.54) is 12.8 Å². The average molecular weight is 367 g/mol. The fourth-order valence-corrected chi connectivity index (χ4v) is 4.25. The molecule has 144 valence electrons. The van der Waals surface area contributed by atoms with Crippen molar-refractivity contribution < 1.29 is 5.11 Å². The Kier molecular flexibility index (Phi) is 5.10. The monoisotopic (exact) mass is 367 g/mol. The second-order valence-electron chi connectivity index (χ2n) is 8.02. The molecule has 2 fully saturated rings. The fraction of sp³-hybridized carbons (Fsp3) is 0.571. The molecule has 0 radical (unpaired) electrons. The van der Waals surface area contributed by atoms with Crippen molar-refractivity contribution in [2.24, 2.45) is 0 Å². The number of aromatic nitrogens is 3. The molecule has 27 heavy (non-hydrogen) atoms. The van der Waals surface area contributed by atoms with Gasteiger partial charge in [-0.15, -0.1) is 0 Å². The minimum absolute atomic E-state index is 0.573. The number of pyridine rings is 1. The summed E-state index contributed by atoms with van der Waals surface area (Å²) in [6, 6.07) is 6.04. The van der Waals surface area contributed by atoms with Gasteiger partial charge in [-0.1, -0.05) is 0 Å². The molecule has 0 aliphatic carbocycles. The Morgan fingerprint density at radius 3 is 2.44 bits per heavy atom. The lowest BCUT2D eigenvalue weighted by Gasteiger charge is -2.40. The zero-order valence-corrected chi connectivity index (χ0v) is 16.4. The Balaban J connectivity index is 1.45. The minimum Gasteiger partial charge on any atom is -0.388 e. The molecule has 2 aliphatic heterocycles. The van der Waals surface area contributed by atoms with E-state index in [-0.39, 0.29) is 0 Å². The summed E-state index contributed by atoms with van der Waals surface area (Å²) in [5.41, 5.74) is 3.38. The van der Waals surface area contributed by atoms with E-state index in [0.717, 1.165) is 74.2 Å². The maximum absolute atomic E-state index is 11.0. The maximum atomic E-state index is 11.0. The lowest BCUT2D eigenvalue weighted by molar-refractivity contribution is -0.0112. The number of aliphatic hydroxyl groups is 1. The van der Waals surface area contributed by atoms with Crippen LogP contribution < -0.4 is 4.90 Å². The van der Waals surface area contributed by atoms with Gasteiger partial charge in [-0.3, -0.25) is 4.98 Å². The van der Waals surface area contributed by atoms with Crippen LogP contribution in [0.1, 0.15) is 37.1 Å². The third-order valence-corrected chi connectivity index (χ3v) is 5.84. The maximum Gasteiger partial charge on any atom is 0.225 e. The normalized spacial score (nSPS) is 20.2. The van der Waals surface area contributed by atoms with Gasteiger partial charge in [-0.05, 0) is 70.8 Å². The van der Waals surface area contributed by atoms with E-state index in [9.17, 15) is 5.11 Å². The smallest absolute Gasteiger partial charge is 0.225 e. The summed E-state index contributed by atoms with van der Waals surface area (Å²) in [4.78, 5) is 18.4. The Bertz CT molecular complexity index is 795. The molecule has 0 bridgehead atoms. The third-order valence-electron chi connectivity index (χ3n) is 5.84. The molecule has 2 aliphatic rings. The van der Waals surface area contributed by atoms with Crippen molar-refractivity contribution in [1.82, 2.24) is 19.9 Å². The first-order valence-electron chi connectivity index (χ1n) is 10.00. The van der Waals surface area contributed by atoms with Crippen LogP contribution in [0.5, 0.6) is 0 Å². The summed E-state index contributed by atoms with van der Waals surface area (Å²) in [6.07, 6.45) is 5.87. The molecule has 4 rings (SSSR count). The topological polar surface area (TPSA) is 65.4 Å². The standard InChI is InChI=1S/C21H29N5O/c1-16-5-6-18(17(2)23-16)19-7-10-22-20(24-19)26-13-8-21(27,9-14-26)15-25-11-3-4-12-25/h5-7,10,27H,3-4,8-9,11-15H2,1-2H3. The van der Waals surface area contributed by atoms with Crippen molar-refractivity contribution in [3.63, 3.8) is 0 Å². The largest absolute Gasteiger partial charge is 0.388 e. The highest BCUT2D eigenvalue weighted by atomic mass is 16.3. The van der Waals surface area contributed by atoms with E-state index in [1.54, 1.807) is 0 Å². The first-order valence-corrected chi connectivity index (χ1v) is 10.00. The van der Waals surface area contributed by atoms with E-state index < -0.39 is 5.60 Å². The SMILES string of the molecule is Cc1ccc(-c2ccnc(N3CCC(O)(CN4CCCC4)CC3)n2)c(C)n1. The Morgan fingerprint density at radius 2 is 1.74 bits per heavy atom. The van der Waals surface area contributed by atoms with Crippen LogP contribution in [-0.4, -0.2) is 63.3 Å². The summed E-state index contributed by atoms with van der Waals surface area (Å²) in [7, 11) is 0. The van der Waals surface area contributed by atoms with E-state index >= 15 is 0 Å². The fourth-order valence-electron chi connectivity index (χ4n) is 4.25. The van der Waals surface area contributed by atoms with Gasteiger partial charge in [0.2, 0.25) is 5.95 Å². The molecule has 6 heteroatoms. The molecule has 2 aromatic heterocycles. The molecule has 2 aromatic rings. The van der Waals surface area contributed by atoms with E-state index in [2.05, 4.69) is 25.8 Å². The quantitative estimate of drug-likeness (QED) is 0.896. The van der Waals surface area contributed by atoms with Crippen LogP contribution in [0, 0.1) is 13.8 Å². The molecule has 0 amide bonds. The van der Waals surface area contributed by atoms with Gasteiger partial charge >= 0.3 is 0 Å². The molecule has 0 aromatic carbocycles. The summed E-state index contributed by atoms with van der Waals surface area (Å²) in [6.45, 7) is 8.65. The number of nitrogens with zero attached hydrogens (tertiary/aromatic N) is 5. The van der Waals surface area contributed by atoms with Crippen molar-refractivity contribution >= 4 is 5.95 Å². The Labute approximate surface area is 161 Å². The molecular formula is C21H29N5O. The van der Waals surface area contributed by atoms with E-state index in [4.69, 9.17) is 4.98 Å². The molecule has 1 N–H and O–H groups in total. The van der Waals surface area contributed by atoms with Crippen LogP contribution in [0.3, 0.4) is 0 Å². The molecule has 0 spiro atoms. The van der Waals surface area contributed by atoms with Gasteiger partial charge < -0.3 is 14.9 Å². The van der Waals surface area contributed by atoms with Crippen molar-refractivity contribution in [2.75, 3.05) is 37.6 Å². The highest BCUT2D eigenvalue weighted by Crippen LogP contribution is 2.28. The zero-order valence-electron chi connectivity index (χ0n) is 16.4. The van der Waals surface area contributed by atoms with Crippen molar-refractivity contribution in [1.29, 1.82) is 0 Å². The summed E-state index contributed by atoms with van der Waals surface area (Å²) in [5.74, 6) is 0.746. The van der Waals surface area contributed by atoms with Gasteiger partial charge in [0.1, 0.15) is 0 Å². The van der Waals surface area contributed by atoms with E-state index in [0.29, 0.717) is 0 Å². The van der Waals surface area contributed by atoms with Crippen molar-refractivity contribution in [2.45, 2.75) is 45.1 Å². The molecule has 0 unspecified atom stereocenters. The van der Waals surface area contributed by atoms with Gasteiger partial charge in [0.25, 0.3) is 0 Å². The van der Waals surface area contributed by atoms with E-state index in [1.807, 2.05) is 32.2 Å². The number of aryl methyl sites for hydroxylation is 2. The number of rotatable bonds is 4. The number of anilines is 1. The Morgan fingerprint density at radius 1 is 1.00 bits per heavy atom. The number of β-amino-alcohol motifs (C(OH)–C–C–N with tert-alkyl or cyclic N) is 1. The van der Waals surface area contributed by atoms with Crippen molar-refractivity contribution in [3.8, 4) is 11.3 Å². The summed E-state index contributed by atoms with van der Waals surface area (Å²) in [5, 5.41) is 11.0. The molecule has 4 heterocycles. The zero-order chi connectivity index (χ0) is 18.9. The predicted molar refractivity (Wildman–Crippen MR) is 107 cm³/mol. The van der Waals surface area contributed by atoms with Gasteiger partial charge in [0.15, 0.2) is 0 Å². The lowest BCUT2D eigenvalue weighted by Crippen LogP contribution is -2.50. The van der Waals surface area contributed by atoms with Crippen LogP contribution in [0.2, 0.25) is 0 Å². The lowest BCUT2D eigenvalue weighted by atomic mass is 9.91. The average Bonchev–Trinajstić information content (AvgIpc) is 3.15. The van der Waals surface area contributed by atoms with Crippen LogP contribution in [0.15, 0.2) is 24.4 Å². The highest BCUT2D eigenvalue weighted by molar-refractivity contribution is 5.62. The number of hydrogen-bond acceptors (Lipinski definition) is 6. The van der Waals surface area contributed by atoms with Gasteiger partial charge in [0.05, 0.1) is 11.3 Å². The highest BCUT2D eigenvalue weighted by Gasteiger charge is 2.35. The summed E-state index contributed by atoms with van der Waals surface area (Å²) < 4.78 is 0. The third kappa shape index (κ3) is 4.12. The number of hydrogen-bond donors (Lipinski definition) is 1. The minimum atomic E-state index is -0.573. The number of likely N-dealkylation sites (tertiary alicyclic amines) is 1. The first kappa shape index (κ1) is 18.3. The second kappa shape index (κ2) is 7.52. The molecule has 6 nitrogen and oxygen atoms in total. The second-order valence-corrected chi connectivity index (χ2v) is 8.02. The molecule has 2 saturated heterocycles.